The lowest BCUT2D eigenvalue weighted by Gasteiger charge is -2.23. The fraction of sp³-hybridized carbons (Fsp3) is 0.261. The van der Waals surface area contributed by atoms with Crippen LogP contribution in [0.25, 0.3) is 5.69 Å². The zero-order valence-corrected chi connectivity index (χ0v) is 17.6. The number of aromatic nitrogens is 2. The molecule has 29 heavy (non-hydrogen) atoms. The number of amides is 1. The van der Waals surface area contributed by atoms with E-state index in [1.54, 1.807) is 4.68 Å². The normalized spacial score (nSPS) is 15.8. The zero-order valence-electron chi connectivity index (χ0n) is 16.8. The third-order valence-electron chi connectivity index (χ3n) is 5.68. The monoisotopic (exact) mass is 407 g/mol. The Hall–Kier alpha value is -2.92. The zero-order chi connectivity index (χ0) is 20.9. The highest BCUT2D eigenvalue weighted by molar-refractivity contribution is 6.31. The van der Waals surface area contributed by atoms with E-state index in [4.69, 9.17) is 11.6 Å². The van der Waals surface area contributed by atoms with Crippen LogP contribution in [0.4, 0.5) is 5.82 Å². The molecule has 0 fully saturated rings. The predicted octanol–water partition coefficient (Wildman–Crippen LogP) is 5.07. The highest BCUT2D eigenvalue weighted by Crippen LogP contribution is 2.39. The van der Waals surface area contributed by atoms with Crippen LogP contribution < -0.4 is 5.32 Å². The van der Waals surface area contributed by atoms with Crippen LogP contribution in [0.15, 0.2) is 36.4 Å². The van der Waals surface area contributed by atoms with Crippen LogP contribution in [0, 0.1) is 27.7 Å². The highest BCUT2D eigenvalue weighted by Gasteiger charge is 2.36. The van der Waals surface area contributed by atoms with Gasteiger partial charge in [0.05, 0.1) is 17.3 Å². The minimum atomic E-state index is -0.561. The Morgan fingerprint density at radius 3 is 2.62 bits per heavy atom. The molecule has 3 aromatic rings. The number of ketones is 1. The van der Waals surface area contributed by atoms with Gasteiger partial charge in [0.15, 0.2) is 5.78 Å². The first kappa shape index (κ1) is 19.4. The summed E-state index contributed by atoms with van der Waals surface area (Å²) < 4.78 is 1.68. The van der Waals surface area contributed by atoms with E-state index >= 15 is 0 Å². The number of carbonyl (C=O) groups is 2. The molecule has 1 unspecified atom stereocenters. The molecule has 1 atom stereocenters. The first-order chi connectivity index (χ1) is 13.8. The van der Waals surface area contributed by atoms with Crippen molar-refractivity contribution >= 4 is 29.1 Å². The Morgan fingerprint density at radius 2 is 1.90 bits per heavy atom. The SMILES string of the molecule is Cc1ccc(C(=O)C2CC(=O)Nc3c2c(C)nn3-c2cccc(Cl)c2C)cc1C. The summed E-state index contributed by atoms with van der Waals surface area (Å²) in [7, 11) is 0. The van der Waals surface area contributed by atoms with Crippen molar-refractivity contribution in [3.05, 3.63) is 74.9 Å². The van der Waals surface area contributed by atoms with Gasteiger partial charge >= 0.3 is 0 Å². The summed E-state index contributed by atoms with van der Waals surface area (Å²) in [5.74, 6) is -0.268. The summed E-state index contributed by atoms with van der Waals surface area (Å²) in [5, 5.41) is 8.19. The molecule has 1 amide bonds. The third kappa shape index (κ3) is 3.25. The van der Waals surface area contributed by atoms with Crippen molar-refractivity contribution in [1.82, 2.24) is 9.78 Å². The van der Waals surface area contributed by atoms with E-state index in [1.807, 2.05) is 64.1 Å². The van der Waals surface area contributed by atoms with Crippen molar-refractivity contribution in [2.75, 3.05) is 5.32 Å². The van der Waals surface area contributed by atoms with Crippen LogP contribution in [-0.4, -0.2) is 21.5 Å². The maximum atomic E-state index is 13.4. The van der Waals surface area contributed by atoms with E-state index in [0.717, 1.165) is 33.6 Å². The van der Waals surface area contributed by atoms with Gasteiger partial charge in [-0.3, -0.25) is 9.59 Å². The molecule has 0 bridgehead atoms. The molecule has 148 valence electrons. The van der Waals surface area contributed by atoms with Crippen LogP contribution in [0.5, 0.6) is 0 Å². The van der Waals surface area contributed by atoms with Crippen molar-refractivity contribution in [1.29, 1.82) is 0 Å². The van der Waals surface area contributed by atoms with Gasteiger partial charge in [0.1, 0.15) is 5.82 Å². The number of hydrogen-bond acceptors (Lipinski definition) is 3. The molecule has 1 aromatic heterocycles. The maximum Gasteiger partial charge on any atom is 0.226 e. The van der Waals surface area contributed by atoms with Gasteiger partial charge < -0.3 is 5.32 Å². The Labute approximate surface area is 174 Å². The summed E-state index contributed by atoms with van der Waals surface area (Å²) in [5.41, 5.74) is 5.93. The number of carbonyl (C=O) groups excluding carboxylic acids is 2. The van der Waals surface area contributed by atoms with Crippen LogP contribution in [0.3, 0.4) is 0 Å². The fourth-order valence-corrected chi connectivity index (χ4v) is 4.04. The number of benzene rings is 2. The maximum absolute atomic E-state index is 13.4. The average Bonchev–Trinajstić information content (AvgIpc) is 3.01. The van der Waals surface area contributed by atoms with Crippen molar-refractivity contribution in [3.8, 4) is 5.69 Å². The number of hydrogen-bond donors (Lipinski definition) is 1. The van der Waals surface area contributed by atoms with Crippen LogP contribution in [-0.2, 0) is 4.79 Å². The van der Waals surface area contributed by atoms with Crippen molar-refractivity contribution in [2.24, 2.45) is 0 Å². The molecule has 0 spiro atoms. The second-order valence-electron chi connectivity index (χ2n) is 7.61. The summed E-state index contributed by atoms with van der Waals surface area (Å²) in [6.45, 7) is 7.77. The minimum absolute atomic E-state index is 0.0605. The van der Waals surface area contributed by atoms with E-state index in [9.17, 15) is 9.59 Å². The number of halogens is 1. The molecule has 4 rings (SSSR count). The molecule has 6 heteroatoms. The van der Waals surface area contributed by atoms with Gasteiger partial charge in [0, 0.05) is 22.6 Å². The van der Waals surface area contributed by atoms with Gasteiger partial charge in [-0.2, -0.15) is 5.10 Å². The van der Waals surface area contributed by atoms with E-state index in [0.29, 0.717) is 16.4 Å². The molecule has 5 nitrogen and oxygen atoms in total. The number of anilines is 1. The van der Waals surface area contributed by atoms with Gasteiger partial charge in [-0.05, 0) is 62.6 Å². The van der Waals surface area contributed by atoms with Gasteiger partial charge in [-0.1, -0.05) is 29.8 Å². The molecular formula is C23H22ClN3O2. The second kappa shape index (κ2) is 7.16. The summed E-state index contributed by atoms with van der Waals surface area (Å²) in [4.78, 5) is 25.9. The van der Waals surface area contributed by atoms with E-state index in [-0.39, 0.29) is 18.1 Å². The standard InChI is InChI=1S/C23H22ClN3O2/c1-12-8-9-16(10-13(12)2)22(29)17-11-20(28)25-23-21(17)15(4)26-27(23)19-7-5-6-18(24)14(19)3/h5-10,17H,11H2,1-4H3,(H,25,28). The lowest BCUT2D eigenvalue weighted by atomic mass is 9.85. The Balaban J connectivity index is 1.85. The average molecular weight is 408 g/mol. The first-order valence-electron chi connectivity index (χ1n) is 9.54. The molecule has 0 saturated heterocycles. The molecule has 0 radical (unpaired) electrons. The number of rotatable bonds is 3. The van der Waals surface area contributed by atoms with Crippen LogP contribution in [0.1, 0.15) is 50.6 Å². The van der Waals surface area contributed by atoms with Gasteiger partial charge in [0.25, 0.3) is 0 Å². The molecule has 0 aliphatic carbocycles. The lowest BCUT2D eigenvalue weighted by Crippen LogP contribution is -2.28. The second-order valence-corrected chi connectivity index (χ2v) is 8.02. The summed E-state index contributed by atoms with van der Waals surface area (Å²) in [6, 6.07) is 11.2. The minimum Gasteiger partial charge on any atom is -0.310 e. The molecule has 2 heterocycles. The van der Waals surface area contributed by atoms with Crippen molar-refractivity contribution < 1.29 is 9.59 Å². The number of Topliss-reactive ketones (excluding diaryl/α,β-unsaturated/α-hetero) is 1. The van der Waals surface area contributed by atoms with Gasteiger partial charge in [0.2, 0.25) is 5.91 Å². The Kier molecular flexibility index (Phi) is 4.79. The molecule has 1 aliphatic rings. The first-order valence-corrected chi connectivity index (χ1v) is 9.92. The largest absolute Gasteiger partial charge is 0.310 e. The number of nitrogens with zero attached hydrogens (tertiary/aromatic N) is 2. The van der Waals surface area contributed by atoms with Crippen molar-refractivity contribution in [2.45, 2.75) is 40.0 Å². The van der Waals surface area contributed by atoms with Crippen molar-refractivity contribution in [3.63, 3.8) is 0 Å². The Bertz CT molecular complexity index is 1160. The molecule has 2 aromatic carbocycles. The number of fused-ring (bicyclic) bond motifs is 1. The summed E-state index contributed by atoms with van der Waals surface area (Å²) >= 11 is 6.29. The van der Waals surface area contributed by atoms with Crippen LogP contribution in [0.2, 0.25) is 5.02 Å². The van der Waals surface area contributed by atoms with Crippen LogP contribution >= 0.6 is 11.6 Å². The summed E-state index contributed by atoms with van der Waals surface area (Å²) in [6.07, 6.45) is 0.111. The third-order valence-corrected chi connectivity index (χ3v) is 6.09. The smallest absolute Gasteiger partial charge is 0.226 e. The van der Waals surface area contributed by atoms with Gasteiger partial charge in [-0.25, -0.2) is 4.68 Å². The number of aryl methyl sites for hydroxylation is 3. The van der Waals surface area contributed by atoms with E-state index in [2.05, 4.69) is 10.4 Å². The van der Waals surface area contributed by atoms with E-state index in [1.165, 1.54) is 0 Å². The molecular weight excluding hydrogens is 386 g/mol. The quantitative estimate of drug-likeness (QED) is 0.616. The lowest BCUT2D eigenvalue weighted by molar-refractivity contribution is -0.116. The fourth-order valence-electron chi connectivity index (χ4n) is 3.87. The number of nitrogens with one attached hydrogen (secondary N) is 1. The van der Waals surface area contributed by atoms with Gasteiger partial charge in [-0.15, -0.1) is 0 Å². The molecule has 1 aliphatic heterocycles. The topological polar surface area (TPSA) is 64.0 Å². The highest BCUT2D eigenvalue weighted by atomic mass is 35.5. The predicted molar refractivity (Wildman–Crippen MR) is 114 cm³/mol. The Morgan fingerprint density at radius 1 is 1.14 bits per heavy atom. The molecule has 0 saturated carbocycles. The molecule has 1 N–H and O–H groups in total. The van der Waals surface area contributed by atoms with E-state index < -0.39 is 5.92 Å².